The second kappa shape index (κ2) is 27.1. The van der Waals surface area contributed by atoms with Crippen LogP contribution in [0.3, 0.4) is 0 Å². The van der Waals surface area contributed by atoms with Gasteiger partial charge in [-0.25, -0.2) is 4.98 Å². The van der Waals surface area contributed by atoms with Crippen LogP contribution >= 0.6 is 0 Å². The summed E-state index contributed by atoms with van der Waals surface area (Å²) in [5, 5.41) is 18.4. The van der Waals surface area contributed by atoms with Crippen molar-refractivity contribution in [2.45, 2.75) is 463 Å². The number of hydrogen-bond donors (Lipinski definition) is 2. The Balaban J connectivity index is 0.000000101. The lowest BCUT2D eigenvalue weighted by atomic mass is 9.16. The highest BCUT2D eigenvalue weighted by Gasteiger charge is 2.85. The molecule has 28 fully saturated rings. The average Bonchev–Trinajstić information content (AvgIpc) is 1.19. The topological polar surface area (TPSA) is 233 Å². The van der Waals surface area contributed by atoms with E-state index in [0.29, 0.717) is 21.6 Å². The number of oxazole rings is 1. The number of likely N-dealkylation sites (N-methyl/N-ethyl adjacent to an activating group) is 1. The Kier molecular flexibility index (Phi) is 19.9. The molecule has 124 heavy (non-hydrogen) atoms. The molecular weight excluding hydrogens is 1560 g/mol. The van der Waals surface area contributed by atoms with Crippen LogP contribution in [0.2, 0.25) is 42.5 Å². The molecule has 2 aromatic carbocycles. The van der Waals surface area contributed by atoms with Gasteiger partial charge in [0.2, 0.25) is 5.89 Å². The fourth-order valence-electron chi connectivity index (χ4n) is 27.7. The summed E-state index contributed by atoms with van der Waals surface area (Å²) < 4.78 is 92.0. The summed E-state index contributed by atoms with van der Waals surface area (Å²) in [6, 6.07) is 15.3. The van der Waals surface area contributed by atoms with Crippen LogP contribution in [-0.2, 0) is 85.6 Å². The van der Waals surface area contributed by atoms with E-state index < -0.39 is 14.2 Å². The Hall–Kier alpha value is -3.23. The number of rotatable bonds is 10. The van der Waals surface area contributed by atoms with Gasteiger partial charge in [-0.05, 0) is 372 Å². The number of benzene rings is 2. The van der Waals surface area contributed by atoms with E-state index in [9.17, 15) is 9.59 Å². The van der Waals surface area contributed by atoms with E-state index in [4.69, 9.17) is 84.6 Å². The first kappa shape index (κ1) is 91.3. The fourth-order valence-corrected chi connectivity index (χ4v) is 27.7. The monoisotopic (exact) mass is 1710 g/mol. The van der Waals surface area contributed by atoms with Crippen LogP contribution in [-0.4, -0.2) is 176 Å². The number of hydrogen-bond acceptors (Lipinski definition) is 21. The second-order valence-electron chi connectivity index (χ2n) is 53.2. The van der Waals surface area contributed by atoms with E-state index in [1.807, 2.05) is 33.8 Å². The third-order valence-corrected chi connectivity index (χ3v) is 38.1. The highest BCUT2D eigenvalue weighted by molar-refractivity contribution is 6.60. The molecule has 7 saturated heterocycles. The maximum Gasteiger partial charge on any atom is 0.605 e. The molecule has 7 aliphatic heterocycles. The van der Waals surface area contributed by atoms with Gasteiger partial charge in [0.05, 0.1) is 80.3 Å². The molecule has 21 nitrogen and oxygen atoms in total. The highest BCUT2D eigenvalue weighted by Crippen LogP contribution is 2.89. The van der Waals surface area contributed by atoms with Crippen LogP contribution in [0.5, 0.6) is 0 Å². The lowest BCUT2D eigenvalue weighted by Crippen LogP contribution is -2.67. The van der Waals surface area contributed by atoms with Crippen LogP contribution in [0.1, 0.15) is 351 Å². The number of carbonyl (C=O) groups is 2. The van der Waals surface area contributed by atoms with Crippen molar-refractivity contribution in [1.29, 1.82) is 0 Å². The normalized spacial score (nSPS) is 43.5. The van der Waals surface area contributed by atoms with Gasteiger partial charge in [0, 0.05) is 47.9 Å². The van der Waals surface area contributed by atoms with Crippen LogP contribution < -0.4 is 0 Å². The lowest BCUT2D eigenvalue weighted by Gasteiger charge is -2.71. The van der Waals surface area contributed by atoms with Gasteiger partial charge in [0.1, 0.15) is 5.52 Å². The van der Waals surface area contributed by atoms with Gasteiger partial charge < -0.3 is 79.6 Å². The largest absolute Gasteiger partial charge is 0.605 e. The van der Waals surface area contributed by atoms with Gasteiger partial charge in [-0.15, -0.1) is 0 Å². The summed E-state index contributed by atoms with van der Waals surface area (Å²) in [5.41, 5.74) is 6.28. The number of nitrogens with zero attached hydrogens (tertiary/aromatic N) is 2. The Morgan fingerprint density at radius 1 is 0.315 bits per heavy atom. The molecule has 0 atom stereocenters. The predicted octanol–water partition coefficient (Wildman–Crippen LogP) is 19.4. The van der Waals surface area contributed by atoms with E-state index in [1.165, 1.54) is 74.5 Å². The van der Waals surface area contributed by atoms with E-state index >= 15 is 0 Å². The Morgan fingerprint density at radius 3 is 0.823 bits per heavy atom. The summed E-state index contributed by atoms with van der Waals surface area (Å²) in [5.74, 6) is 0.199. The minimum absolute atomic E-state index is 0.0187. The van der Waals surface area contributed by atoms with Gasteiger partial charge in [-0.3, -0.25) is 14.5 Å². The molecule has 21 aliphatic carbocycles. The number of aryl methyl sites for hydroxylation is 2. The zero-order valence-electron chi connectivity index (χ0n) is 81.7. The molecule has 14 bridgehead atoms. The van der Waals surface area contributed by atoms with Gasteiger partial charge in [-0.1, -0.05) is 63.6 Å². The van der Waals surface area contributed by atoms with Crippen molar-refractivity contribution < 1.29 is 89.2 Å². The summed E-state index contributed by atoms with van der Waals surface area (Å²) in [7, 11) is -0.657. The van der Waals surface area contributed by atoms with Gasteiger partial charge >= 0.3 is 68.9 Å². The first-order valence-electron chi connectivity index (χ1n) is 47.4. The van der Waals surface area contributed by atoms with Crippen LogP contribution in [0.15, 0.2) is 46.9 Å². The number of fused-ring (bicyclic) bond motifs is 1. The van der Waals surface area contributed by atoms with E-state index in [2.05, 4.69) is 216 Å². The average molecular weight is 1710 g/mol. The molecular formula is C95H148B8N2O19. The predicted molar refractivity (Wildman–Crippen MR) is 486 cm³/mol. The van der Waals surface area contributed by atoms with Gasteiger partial charge in [-0.2, -0.15) is 0 Å². The molecule has 0 unspecified atom stereocenters. The first-order valence-corrected chi connectivity index (χ1v) is 47.4. The van der Waals surface area contributed by atoms with Crippen LogP contribution in [0.4, 0.5) is 0 Å². The zero-order valence-corrected chi connectivity index (χ0v) is 81.7. The molecule has 21 saturated carbocycles. The third-order valence-electron chi connectivity index (χ3n) is 38.1. The fraction of sp³-hybridized carbons (Fsp3) is 0.842. The quantitative estimate of drug-likeness (QED) is 0.180. The number of carbonyl (C=O) groups excluding carboxylic acids is 2. The van der Waals surface area contributed by atoms with Crippen molar-refractivity contribution in [1.82, 2.24) is 9.88 Å². The molecule has 0 radical (unpaired) electrons. The molecule has 29 heteroatoms. The minimum Gasteiger partial charge on any atom is -0.498 e. The maximum atomic E-state index is 12.0. The molecule has 3 aromatic rings. The van der Waals surface area contributed by atoms with Crippen molar-refractivity contribution in [3.8, 4) is 0 Å². The van der Waals surface area contributed by atoms with E-state index in [0.717, 1.165) is 105 Å². The van der Waals surface area contributed by atoms with Crippen molar-refractivity contribution >= 4 is 80.0 Å². The van der Waals surface area contributed by atoms with Crippen molar-refractivity contribution in [2.75, 3.05) is 20.1 Å². The Labute approximate surface area is 744 Å². The van der Waals surface area contributed by atoms with E-state index in [1.54, 1.807) is 11.9 Å². The molecule has 31 rings (SSSR count). The first-order chi connectivity index (χ1) is 56.4. The molecule has 28 aliphatic rings. The Bertz CT molecular complexity index is 4460. The van der Waals surface area contributed by atoms with Crippen molar-refractivity contribution in [3.05, 3.63) is 65.0 Å². The van der Waals surface area contributed by atoms with E-state index in [-0.39, 0.29) is 178 Å². The Morgan fingerprint density at radius 2 is 0.565 bits per heavy atom. The van der Waals surface area contributed by atoms with Gasteiger partial charge in [0.25, 0.3) is 0 Å². The summed E-state index contributed by atoms with van der Waals surface area (Å²) in [4.78, 5) is 30.3. The number of aromatic nitrogens is 1. The van der Waals surface area contributed by atoms with Crippen LogP contribution in [0, 0.1) is 35.5 Å². The molecule has 0 amide bonds. The standard InChI is InChI=1S/C19H24BNO3.C18H25BO2.C17H30B2O4.C16H25B2NO6.C12H21BO2.C7H12.C6H11BO2/c1-12-6-7-13-14(8-12)22-15(21-13)18-9-19(10-18,11-18)20-23-16(2,3)17(4,5)24-20;1-13-6-8-14(9-7-13)17-10-18(11-17,12-17)19-20-15(2,3)16(4,5)21-19;1-12(2)13(3,4)21-18(20-12)16-9-17(10-16,11-16)19-22-14(5,6)15(7,8)23-19;1-13(2)14(3,4)25-18(24-13)16-8-15(9-16,10-16)17-22-11(20)6-19(5)7-12(21)23-17;1-9(2)10(3,4)15-13(14-9)12-6-11(5,7-12)8-12;1-6-3-7(2,4-6)5-6;1-5-2-6(3-5,4-5)7(8)9/h6-8H,9-11H2,1-5H3;6-9H,10-12H2,1-5H3;9-11H2,1-8H3;6-10H2,1-5H3;6-8H2,1-5H3;3-5H2,1-2H3;8-9H,2-4H2,1H3. The van der Waals surface area contributed by atoms with Crippen LogP contribution in [0.25, 0.3) is 11.1 Å². The SMILES string of the molecule is CC1(C)OB(C23CC(B4OC(C)(C)C(C)(C)O4)(C2)C3)OC1(C)C.CC12CC(B(O)O)(C1)C2.CC12CC(B3OC(C)(C)C(C)(C)O3)(C1)C2.CC12CC(C)(C1)C2.CN1CC(=O)OB(C23CC(B4OC(C)(C)C(C)(C)O4)(C2)C3)OC(=O)C1.Cc1ccc(C23CC(B4OC(C)(C)C(C)(C)O4)(C2)C3)cc1.Cc1ccc2nc(C34CC(B5OC(C)(C)C(C)(C)O5)(C3)C4)oc2c1. The third kappa shape index (κ3) is 13.9. The summed E-state index contributed by atoms with van der Waals surface area (Å²) in [6.45, 7) is 64.6. The molecule has 2 N–H and O–H groups in total. The molecule has 8 heterocycles. The zero-order chi connectivity index (χ0) is 90.3. The smallest absolute Gasteiger partial charge is 0.498 e. The molecule has 676 valence electrons. The maximum absolute atomic E-state index is 12.0. The van der Waals surface area contributed by atoms with Crippen molar-refractivity contribution in [2.24, 2.45) is 21.7 Å². The summed E-state index contributed by atoms with van der Waals surface area (Å²) >= 11 is 0. The summed E-state index contributed by atoms with van der Waals surface area (Å²) in [6.07, 6.45) is 24.0. The second-order valence-corrected chi connectivity index (χ2v) is 53.2. The molecule has 0 spiro atoms. The lowest BCUT2D eigenvalue weighted by molar-refractivity contribution is -0.176. The van der Waals surface area contributed by atoms with Crippen molar-refractivity contribution in [3.63, 3.8) is 0 Å². The van der Waals surface area contributed by atoms with Gasteiger partial charge in [0.15, 0.2) is 5.58 Å². The minimum atomic E-state index is -1.06. The highest BCUT2D eigenvalue weighted by atomic mass is 16.7. The molecule has 1 aromatic heterocycles.